The first kappa shape index (κ1) is 13.1. The highest BCUT2D eigenvalue weighted by molar-refractivity contribution is 6.35. The van der Waals surface area contributed by atoms with E-state index >= 15 is 0 Å². The van der Waals surface area contributed by atoms with Gasteiger partial charge in [0.1, 0.15) is 0 Å². The Hall–Kier alpha value is -1.91. The molecule has 0 spiro atoms. The molecule has 1 N–H and O–H groups in total. The normalized spacial score (nSPS) is 11.1. The molecular formula is C15H14ClN3O. The number of halogens is 1. The van der Waals surface area contributed by atoms with Gasteiger partial charge >= 0.3 is 0 Å². The fraction of sp³-hybridized carbons (Fsp3) is 0.200. The SMILES string of the molecule is OCCc1cnn(Cc2ccc(Cl)c3cccnc23)c1. The molecule has 0 aliphatic carbocycles. The van der Waals surface area contributed by atoms with E-state index in [4.69, 9.17) is 16.7 Å². The molecule has 0 unspecified atom stereocenters. The molecule has 2 heterocycles. The molecule has 0 bridgehead atoms. The summed E-state index contributed by atoms with van der Waals surface area (Å²) in [5, 5.41) is 14.9. The van der Waals surface area contributed by atoms with Gasteiger partial charge in [0.15, 0.2) is 0 Å². The first-order chi connectivity index (χ1) is 9.78. The minimum Gasteiger partial charge on any atom is -0.396 e. The Labute approximate surface area is 121 Å². The van der Waals surface area contributed by atoms with E-state index in [1.165, 1.54) is 0 Å². The van der Waals surface area contributed by atoms with E-state index < -0.39 is 0 Å². The summed E-state index contributed by atoms with van der Waals surface area (Å²) in [6.45, 7) is 0.771. The smallest absolute Gasteiger partial charge is 0.0767 e. The van der Waals surface area contributed by atoms with Gasteiger partial charge in [-0.1, -0.05) is 17.7 Å². The minimum atomic E-state index is 0.136. The zero-order valence-electron chi connectivity index (χ0n) is 10.8. The lowest BCUT2D eigenvalue weighted by Gasteiger charge is -2.07. The highest BCUT2D eigenvalue weighted by Crippen LogP contribution is 2.25. The highest BCUT2D eigenvalue weighted by atomic mass is 35.5. The monoisotopic (exact) mass is 287 g/mol. The average molecular weight is 288 g/mol. The van der Waals surface area contributed by atoms with Gasteiger partial charge in [0.2, 0.25) is 0 Å². The predicted molar refractivity (Wildman–Crippen MR) is 78.9 cm³/mol. The Bertz CT molecular complexity index is 739. The average Bonchev–Trinajstić information content (AvgIpc) is 2.90. The number of hydrogen-bond acceptors (Lipinski definition) is 3. The third kappa shape index (κ3) is 2.53. The summed E-state index contributed by atoms with van der Waals surface area (Å²) in [7, 11) is 0. The first-order valence-corrected chi connectivity index (χ1v) is 6.80. The third-order valence-corrected chi connectivity index (χ3v) is 3.55. The molecule has 0 saturated heterocycles. The lowest BCUT2D eigenvalue weighted by molar-refractivity contribution is 0.299. The van der Waals surface area contributed by atoms with E-state index in [1.54, 1.807) is 12.4 Å². The van der Waals surface area contributed by atoms with Gasteiger partial charge in [0.25, 0.3) is 0 Å². The van der Waals surface area contributed by atoms with Crippen molar-refractivity contribution in [2.45, 2.75) is 13.0 Å². The summed E-state index contributed by atoms with van der Waals surface area (Å²) < 4.78 is 1.85. The van der Waals surface area contributed by atoms with E-state index in [2.05, 4.69) is 10.1 Å². The summed E-state index contributed by atoms with van der Waals surface area (Å²) in [5.74, 6) is 0. The van der Waals surface area contributed by atoms with Crippen molar-refractivity contribution in [3.8, 4) is 0 Å². The number of aliphatic hydroxyl groups excluding tert-OH is 1. The van der Waals surface area contributed by atoms with Crippen LogP contribution in [0.25, 0.3) is 10.9 Å². The topological polar surface area (TPSA) is 50.9 Å². The zero-order valence-corrected chi connectivity index (χ0v) is 11.6. The fourth-order valence-electron chi connectivity index (χ4n) is 2.25. The van der Waals surface area contributed by atoms with Crippen molar-refractivity contribution in [2.24, 2.45) is 0 Å². The highest BCUT2D eigenvalue weighted by Gasteiger charge is 2.07. The first-order valence-electron chi connectivity index (χ1n) is 6.42. The summed E-state index contributed by atoms with van der Waals surface area (Å²) in [4.78, 5) is 4.42. The number of aliphatic hydroxyl groups is 1. The molecule has 0 atom stereocenters. The van der Waals surface area contributed by atoms with Crippen molar-refractivity contribution >= 4 is 22.5 Å². The molecule has 2 aromatic heterocycles. The molecule has 0 radical (unpaired) electrons. The Morgan fingerprint density at radius 3 is 3.00 bits per heavy atom. The molecule has 4 nitrogen and oxygen atoms in total. The van der Waals surface area contributed by atoms with Gasteiger partial charge in [-0.05, 0) is 35.7 Å². The van der Waals surface area contributed by atoms with E-state index in [0.717, 1.165) is 22.0 Å². The quantitative estimate of drug-likeness (QED) is 0.803. The van der Waals surface area contributed by atoms with Crippen LogP contribution in [0, 0.1) is 0 Å². The van der Waals surface area contributed by atoms with Crippen LogP contribution in [0.1, 0.15) is 11.1 Å². The summed E-state index contributed by atoms with van der Waals surface area (Å²) >= 11 is 6.19. The predicted octanol–water partition coefficient (Wildman–Crippen LogP) is 2.67. The molecule has 20 heavy (non-hydrogen) atoms. The van der Waals surface area contributed by atoms with Crippen LogP contribution < -0.4 is 0 Å². The van der Waals surface area contributed by atoms with Crippen LogP contribution in [-0.2, 0) is 13.0 Å². The van der Waals surface area contributed by atoms with E-state index in [-0.39, 0.29) is 6.61 Å². The van der Waals surface area contributed by atoms with Gasteiger partial charge in [0.05, 0.1) is 18.3 Å². The Morgan fingerprint density at radius 2 is 2.15 bits per heavy atom. The molecule has 3 aromatic rings. The summed E-state index contributed by atoms with van der Waals surface area (Å²) in [6.07, 6.45) is 6.11. The summed E-state index contributed by atoms with van der Waals surface area (Å²) in [5.41, 5.74) is 3.00. The molecule has 5 heteroatoms. The van der Waals surface area contributed by atoms with Crippen molar-refractivity contribution in [1.29, 1.82) is 0 Å². The van der Waals surface area contributed by atoms with Gasteiger partial charge in [-0.15, -0.1) is 0 Å². The summed E-state index contributed by atoms with van der Waals surface area (Å²) in [6, 6.07) is 7.71. The number of fused-ring (bicyclic) bond motifs is 1. The lowest BCUT2D eigenvalue weighted by Crippen LogP contribution is -2.01. The van der Waals surface area contributed by atoms with Crippen molar-refractivity contribution in [2.75, 3.05) is 6.61 Å². The van der Waals surface area contributed by atoms with Gasteiger partial charge in [-0.3, -0.25) is 9.67 Å². The Kier molecular flexibility index (Phi) is 3.67. The molecule has 0 saturated carbocycles. The molecule has 0 aliphatic heterocycles. The number of hydrogen-bond donors (Lipinski definition) is 1. The minimum absolute atomic E-state index is 0.136. The van der Waals surface area contributed by atoms with Crippen LogP contribution in [0.4, 0.5) is 0 Å². The largest absolute Gasteiger partial charge is 0.396 e. The third-order valence-electron chi connectivity index (χ3n) is 3.22. The van der Waals surface area contributed by atoms with Crippen LogP contribution in [0.15, 0.2) is 42.9 Å². The molecule has 0 amide bonds. The van der Waals surface area contributed by atoms with E-state index in [9.17, 15) is 0 Å². The molecule has 102 valence electrons. The van der Waals surface area contributed by atoms with E-state index in [0.29, 0.717) is 18.0 Å². The van der Waals surface area contributed by atoms with Crippen molar-refractivity contribution in [1.82, 2.24) is 14.8 Å². The molecular weight excluding hydrogens is 274 g/mol. The number of aromatic nitrogens is 3. The van der Waals surface area contributed by atoms with Crippen LogP contribution in [0.5, 0.6) is 0 Å². The second-order valence-corrected chi connectivity index (χ2v) is 5.03. The molecule has 0 aliphatic rings. The van der Waals surface area contributed by atoms with Crippen LogP contribution >= 0.6 is 11.6 Å². The second-order valence-electron chi connectivity index (χ2n) is 4.63. The molecule has 1 aromatic carbocycles. The maximum Gasteiger partial charge on any atom is 0.0767 e. The van der Waals surface area contributed by atoms with Crippen molar-refractivity contribution in [3.05, 3.63) is 59.0 Å². The lowest BCUT2D eigenvalue weighted by atomic mass is 10.1. The number of pyridine rings is 1. The molecule has 3 rings (SSSR count). The molecule has 0 fully saturated rings. The maximum atomic E-state index is 8.93. The zero-order chi connectivity index (χ0) is 13.9. The van der Waals surface area contributed by atoms with Crippen molar-refractivity contribution < 1.29 is 5.11 Å². The van der Waals surface area contributed by atoms with Gasteiger partial charge in [0, 0.05) is 29.4 Å². The Morgan fingerprint density at radius 1 is 1.25 bits per heavy atom. The van der Waals surface area contributed by atoms with Crippen LogP contribution in [-0.4, -0.2) is 26.5 Å². The number of benzene rings is 1. The fourth-order valence-corrected chi connectivity index (χ4v) is 2.47. The van der Waals surface area contributed by atoms with Crippen LogP contribution in [0.3, 0.4) is 0 Å². The second kappa shape index (κ2) is 5.61. The van der Waals surface area contributed by atoms with Gasteiger partial charge in [-0.25, -0.2) is 0 Å². The number of rotatable bonds is 4. The standard InChI is InChI=1S/C15H14ClN3O/c16-14-4-3-12(15-13(14)2-1-6-17-15)10-19-9-11(5-7-20)8-18-19/h1-4,6,8-9,20H,5,7,10H2. The van der Waals surface area contributed by atoms with Crippen LogP contribution in [0.2, 0.25) is 5.02 Å². The Balaban J connectivity index is 1.96. The van der Waals surface area contributed by atoms with Gasteiger partial charge in [-0.2, -0.15) is 5.10 Å². The number of nitrogens with zero attached hydrogens (tertiary/aromatic N) is 3. The van der Waals surface area contributed by atoms with Gasteiger partial charge < -0.3 is 5.11 Å². The maximum absolute atomic E-state index is 8.93. The van der Waals surface area contributed by atoms with E-state index in [1.807, 2.05) is 35.1 Å². The van der Waals surface area contributed by atoms with Crippen molar-refractivity contribution in [3.63, 3.8) is 0 Å².